The number of hydrogen-bond acceptors (Lipinski definition) is 5. The molecule has 6 nitrogen and oxygen atoms in total. The summed E-state index contributed by atoms with van der Waals surface area (Å²) in [7, 11) is -2.31. The Hall–Kier alpha value is -2.15. The van der Waals surface area contributed by atoms with E-state index in [9.17, 15) is 9.00 Å². The fourth-order valence-corrected chi connectivity index (χ4v) is 2.50. The number of nitrogens with zero attached hydrogens (tertiary/aromatic N) is 2. The van der Waals surface area contributed by atoms with Crippen molar-refractivity contribution in [1.82, 2.24) is 5.16 Å². The van der Waals surface area contributed by atoms with E-state index >= 15 is 0 Å². The fraction of sp³-hybridized carbons (Fsp3) is 0.333. The quantitative estimate of drug-likeness (QED) is 0.916. The van der Waals surface area contributed by atoms with Gasteiger partial charge in [0.2, 0.25) is 0 Å². The Kier molecular flexibility index (Phi) is 4.97. The van der Waals surface area contributed by atoms with Crippen LogP contribution in [-0.2, 0) is 16.1 Å². The normalized spacial score (nSPS) is 11.2. The van der Waals surface area contributed by atoms with Crippen molar-refractivity contribution in [2.45, 2.75) is 19.8 Å². The largest absolute Gasteiger partial charge is 0.361 e. The van der Waals surface area contributed by atoms with Crippen LogP contribution in [0.4, 0.5) is 11.4 Å². The minimum atomic E-state index is -2.31. The van der Waals surface area contributed by atoms with Crippen LogP contribution in [0.15, 0.2) is 39.2 Å². The third kappa shape index (κ3) is 4.42. The average molecular weight is 321 g/mol. The highest BCUT2D eigenvalue weighted by molar-refractivity contribution is 7.92. The zero-order valence-corrected chi connectivity index (χ0v) is 13.6. The molecule has 0 aliphatic heterocycles. The van der Waals surface area contributed by atoms with Crippen LogP contribution in [0, 0.1) is 0 Å². The van der Waals surface area contributed by atoms with Crippen molar-refractivity contribution in [3.05, 3.63) is 41.8 Å². The number of rotatable bonds is 5. The third-order valence-electron chi connectivity index (χ3n) is 2.76. The Bertz CT molecular complexity index is 781. The van der Waals surface area contributed by atoms with Gasteiger partial charge in [0, 0.05) is 34.7 Å². The first-order valence-corrected chi connectivity index (χ1v) is 9.25. The molecule has 0 saturated heterocycles. The van der Waals surface area contributed by atoms with Gasteiger partial charge in [0.25, 0.3) is 5.91 Å². The van der Waals surface area contributed by atoms with Crippen LogP contribution in [-0.4, -0.2) is 27.8 Å². The lowest BCUT2D eigenvalue weighted by Crippen LogP contribution is -2.12. The van der Waals surface area contributed by atoms with Gasteiger partial charge in [-0.1, -0.05) is 24.2 Å². The Balaban J connectivity index is 2.23. The second kappa shape index (κ2) is 6.74. The van der Waals surface area contributed by atoms with Gasteiger partial charge in [-0.05, 0) is 18.6 Å². The number of carbonyl (C=O) groups excluding carboxylic acids is 1. The monoisotopic (exact) mass is 321 g/mol. The zero-order valence-electron chi connectivity index (χ0n) is 12.8. The summed E-state index contributed by atoms with van der Waals surface area (Å²) >= 11 is 0. The van der Waals surface area contributed by atoms with E-state index in [4.69, 9.17) is 4.52 Å². The summed E-state index contributed by atoms with van der Waals surface area (Å²) in [5.41, 5.74) is 1.18. The first-order chi connectivity index (χ1) is 10.4. The van der Waals surface area contributed by atoms with Crippen molar-refractivity contribution in [1.29, 1.82) is 0 Å². The summed E-state index contributed by atoms with van der Waals surface area (Å²) in [6, 6.07) is 8.58. The molecule has 0 radical (unpaired) electrons. The van der Waals surface area contributed by atoms with Gasteiger partial charge in [-0.15, -0.1) is 0 Å². The average Bonchev–Trinajstić information content (AvgIpc) is 2.88. The second-order valence-electron chi connectivity index (χ2n) is 5.17. The molecule has 1 N–H and O–H groups in total. The number of amides is 1. The molecule has 118 valence electrons. The van der Waals surface area contributed by atoms with Crippen LogP contribution in [0.1, 0.15) is 29.6 Å². The first-order valence-electron chi connectivity index (χ1n) is 6.92. The lowest BCUT2D eigenvalue weighted by Gasteiger charge is -2.07. The van der Waals surface area contributed by atoms with E-state index in [0.717, 1.165) is 12.8 Å². The van der Waals surface area contributed by atoms with Gasteiger partial charge in [0.05, 0.1) is 11.4 Å². The highest BCUT2D eigenvalue weighted by Crippen LogP contribution is 2.26. The van der Waals surface area contributed by atoms with E-state index in [-0.39, 0.29) is 11.6 Å². The molecule has 7 heteroatoms. The molecule has 22 heavy (non-hydrogen) atoms. The summed E-state index contributed by atoms with van der Waals surface area (Å²) in [6.07, 6.45) is 4.74. The van der Waals surface area contributed by atoms with Gasteiger partial charge < -0.3 is 9.84 Å². The van der Waals surface area contributed by atoms with Crippen LogP contribution in [0.2, 0.25) is 0 Å². The molecule has 0 spiro atoms. The number of para-hydroxylation sites is 1. The molecule has 0 saturated carbocycles. The van der Waals surface area contributed by atoms with Gasteiger partial charge in [0.1, 0.15) is 5.76 Å². The Labute approximate surface area is 130 Å². The Morgan fingerprint density at radius 3 is 2.77 bits per heavy atom. The van der Waals surface area contributed by atoms with Crippen molar-refractivity contribution >= 4 is 27.0 Å². The minimum Gasteiger partial charge on any atom is -0.361 e. The van der Waals surface area contributed by atoms with Gasteiger partial charge in [-0.25, -0.2) is 4.21 Å². The lowest BCUT2D eigenvalue weighted by atomic mass is 10.2. The fourth-order valence-electron chi connectivity index (χ4n) is 1.87. The summed E-state index contributed by atoms with van der Waals surface area (Å²) in [5, 5.41) is 6.49. The van der Waals surface area contributed by atoms with Crippen LogP contribution in [0.25, 0.3) is 0 Å². The predicted molar refractivity (Wildman–Crippen MR) is 87.0 cm³/mol. The van der Waals surface area contributed by atoms with Crippen molar-refractivity contribution in [3.63, 3.8) is 0 Å². The molecular weight excluding hydrogens is 302 g/mol. The predicted octanol–water partition coefficient (Wildman–Crippen LogP) is 3.24. The molecule has 0 unspecified atom stereocenters. The zero-order chi connectivity index (χ0) is 16.2. The topological polar surface area (TPSA) is 84.6 Å². The maximum atomic E-state index is 12.2. The Morgan fingerprint density at radius 2 is 2.09 bits per heavy atom. The van der Waals surface area contributed by atoms with Gasteiger partial charge in [-0.2, -0.15) is 4.36 Å². The third-order valence-corrected chi connectivity index (χ3v) is 3.39. The number of aromatic nitrogens is 1. The lowest BCUT2D eigenvalue weighted by molar-refractivity contribution is 0.101. The highest BCUT2D eigenvalue weighted by Gasteiger charge is 2.14. The number of carbonyl (C=O) groups is 1. The van der Waals surface area contributed by atoms with Crippen LogP contribution in [0.3, 0.4) is 0 Å². The molecule has 0 atom stereocenters. The number of nitrogens with one attached hydrogen (secondary N) is 1. The molecule has 2 rings (SSSR count). The second-order valence-corrected chi connectivity index (χ2v) is 7.72. The van der Waals surface area contributed by atoms with Crippen molar-refractivity contribution in [2.75, 3.05) is 17.8 Å². The van der Waals surface area contributed by atoms with Crippen LogP contribution in [0.5, 0.6) is 0 Å². The minimum absolute atomic E-state index is 0.215. The van der Waals surface area contributed by atoms with E-state index in [2.05, 4.69) is 14.8 Å². The number of aryl methyl sites for hydroxylation is 1. The first kappa shape index (κ1) is 16.2. The van der Waals surface area contributed by atoms with Crippen molar-refractivity contribution in [2.24, 2.45) is 4.36 Å². The summed E-state index contributed by atoms with van der Waals surface area (Å²) in [6.45, 7) is 2.02. The molecule has 1 aromatic carbocycles. The van der Waals surface area contributed by atoms with E-state index in [1.54, 1.807) is 42.8 Å². The van der Waals surface area contributed by atoms with Crippen molar-refractivity contribution < 1.29 is 13.5 Å². The van der Waals surface area contributed by atoms with E-state index in [0.29, 0.717) is 17.1 Å². The molecule has 1 amide bonds. The molecule has 1 heterocycles. The highest BCUT2D eigenvalue weighted by atomic mass is 32.2. The maximum absolute atomic E-state index is 12.2. The van der Waals surface area contributed by atoms with E-state index in [1.165, 1.54) is 0 Å². The molecule has 1 aromatic heterocycles. The van der Waals surface area contributed by atoms with Gasteiger partial charge >= 0.3 is 0 Å². The van der Waals surface area contributed by atoms with Crippen LogP contribution >= 0.6 is 0 Å². The van der Waals surface area contributed by atoms with E-state index < -0.39 is 9.73 Å². The van der Waals surface area contributed by atoms with Gasteiger partial charge in [0.15, 0.2) is 5.69 Å². The molecular formula is C15H19N3O3S. The standard InChI is InChI=1S/C15H19N3O3S/c1-4-7-11-10-14(17-21-11)15(19)16-12-8-5-6-9-13(12)18-22(2,3)20/h5-6,8-10H,4,7H2,1-3H3,(H,16,19). The smallest absolute Gasteiger partial charge is 0.277 e. The molecule has 0 aliphatic carbocycles. The Morgan fingerprint density at radius 1 is 1.36 bits per heavy atom. The molecule has 2 aromatic rings. The summed E-state index contributed by atoms with van der Waals surface area (Å²) < 4.78 is 21.1. The number of hydrogen-bond donors (Lipinski definition) is 1. The summed E-state index contributed by atoms with van der Waals surface area (Å²) in [5.74, 6) is 0.295. The molecule has 0 aliphatic rings. The molecule has 0 bridgehead atoms. The maximum Gasteiger partial charge on any atom is 0.277 e. The number of benzene rings is 1. The van der Waals surface area contributed by atoms with Gasteiger partial charge in [-0.3, -0.25) is 4.79 Å². The summed E-state index contributed by atoms with van der Waals surface area (Å²) in [4.78, 5) is 12.2. The van der Waals surface area contributed by atoms with Crippen molar-refractivity contribution in [3.8, 4) is 0 Å². The SMILES string of the molecule is CCCc1cc(C(=O)Nc2ccccc2N=S(C)(C)=O)no1. The van der Waals surface area contributed by atoms with E-state index in [1.807, 2.05) is 6.92 Å². The molecule has 0 fully saturated rings. The van der Waals surface area contributed by atoms with Crippen LogP contribution < -0.4 is 5.32 Å². The number of anilines is 1.